The number of aryl methyl sites for hydroxylation is 1. The molecule has 3 aromatic rings. The third-order valence-corrected chi connectivity index (χ3v) is 7.46. The summed E-state index contributed by atoms with van der Waals surface area (Å²) in [7, 11) is -3.67. The zero-order valence-electron chi connectivity index (χ0n) is 24.4. The predicted octanol–water partition coefficient (Wildman–Crippen LogP) is 1.47. The second kappa shape index (κ2) is 15.8. The summed E-state index contributed by atoms with van der Waals surface area (Å²) in [5.41, 5.74) is -1.76. The normalized spacial score (nSPS) is 16.6. The number of anilines is 1. The molecule has 4 rings (SSSR count). The minimum Gasteiger partial charge on any atom is -0.479 e. The fraction of sp³-hybridized carbons (Fsp3) is 0.345. The minimum absolute atomic E-state index is 0.391. The van der Waals surface area contributed by atoms with E-state index in [0.717, 1.165) is 48.8 Å². The van der Waals surface area contributed by atoms with Crippen LogP contribution in [0.4, 0.5) is 5.13 Å². The lowest BCUT2D eigenvalue weighted by Gasteiger charge is -2.34. The van der Waals surface area contributed by atoms with Crippen molar-refractivity contribution in [3.05, 3.63) is 82.4 Å². The zero-order valence-corrected chi connectivity index (χ0v) is 26.0. The van der Waals surface area contributed by atoms with E-state index < -0.39 is 56.0 Å². The SMILES string of the molecule is CCCNC1CCc2nc(N)sc2C1.CS(=O)(=O)O.O=C(O)C(O)(C(=O)c1ccccc1)C(O)(C(=O)O)C(=O)c1ccccc1. The van der Waals surface area contributed by atoms with Crippen molar-refractivity contribution in [3.63, 3.8) is 0 Å². The van der Waals surface area contributed by atoms with Gasteiger partial charge in [-0.05, 0) is 32.2 Å². The molecule has 1 aliphatic rings. The lowest BCUT2D eigenvalue weighted by molar-refractivity contribution is -0.187. The molecular weight excluding hydrogens is 630 g/mol. The molecule has 0 amide bonds. The lowest BCUT2D eigenvalue weighted by Crippen LogP contribution is -2.71. The highest BCUT2D eigenvalue weighted by Crippen LogP contribution is 2.32. The zero-order chi connectivity index (χ0) is 34.0. The molecule has 0 aliphatic heterocycles. The third-order valence-electron chi connectivity index (χ3n) is 6.51. The molecule has 45 heavy (non-hydrogen) atoms. The van der Waals surface area contributed by atoms with Gasteiger partial charge in [-0.15, -0.1) is 11.3 Å². The van der Waals surface area contributed by atoms with E-state index in [2.05, 4.69) is 17.2 Å². The van der Waals surface area contributed by atoms with Crippen LogP contribution in [0.5, 0.6) is 0 Å². The van der Waals surface area contributed by atoms with Gasteiger partial charge in [0, 0.05) is 22.0 Å². The Hall–Kier alpha value is -4.06. The molecule has 0 fully saturated rings. The summed E-state index contributed by atoms with van der Waals surface area (Å²) in [6, 6.07) is 13.5. The van der Waals surface area contributed by atoms with Crippen molar-refractivity contribution in [3.8, 4) is 0 Å². The van der Waals surface area contributed by atoms with Crippen molar-refractivity contribution >= 4 is 50.1 Å². The van der Waals surface area contributed by atoms with Crippen LogP contribution in [0.2, 0.25) is 0 Å². The van der Waals surface area contributed by atoms with Crippen molar-refractivity contribution in [2.24, 2.45) is 0 Å². The van der Waals surface area contributed by atoms with Crippen molar-refractivity contribution in [1.82, 2.24) is 10.3 Å². The number of carboxylic acid groups (broad SMARTS) is 2. The molecule has 244 valence electrons. The standard InChI is InChI=1S/C18H14O8.C10H17N3S.CH4O3S/c19-13(11-7-3-1-4-8-11)17(25,15(21)22)18(26,16(23)24)14(20)12-9-5-2-6-10-12;1-2-5-12-7-3-4-8-9(6-7)14-10(11)13-8;1-5(2,3)4/h1-10,25-26H,(H,21,22)(H,23,24);7,12H,2-6H2,1H3,(H2,11,13);1H3,(H,2,3,4). The van der Waals surface area contributed by atoms with Crippen molar-refractivity contribution in [1.29, 1.82) is 0 Å². The number of hydrogen-bond acceptors (Lipinski definition) is 12. The van der Waals surface area contributed by atoms with Gasteiger partial charge in [0.05, 0.1) is 11.9 Å². The molecule has 0 saturated heterocycles. The first-order valence-corrected chi connectivity index (χ1v) is 16.1. The van der Waals surface area contributed by atoms with Crippen LogP contribution in [-0.2, 0) is 32.5 Å². The average Bonchev–Trinajstić information content (AvgIpc) is 3.37. The van der Waals surface area contributed by atoms with Gasteiger partial charge in [0.1, 0.15) is 0 Å². The average molecular weight is 666 g/mol. The van der Waals surface area contributed by atoms with Gasteiger partial charge in [-0.3, -0.25) is 14.1 Å². The Kier molecular flexibility index (Phi) is 13.0. The Bertz CT molecular complexity index is 1520. The van der Waals surface area contributed by atoms with E-state index in [-0.39, 0.29) is 0 Å². The fourth-order valence-electron chi connectivity index (χ4n) is 4.35. The second-order valence-corrected chi connectivity index (χ2v) is 12.6. The summed E-state index contributed by atoms with van der Waals surface area (Å²) >= 11 is 1.65. The summed E-state index contributed by atoms with van der Waals surface area (Å²) in [4.78, 5) is 54.3. The maximum atomic E-state index is 12.6. The van der Waals surface area contributed by atoms with E-state index in [1.54, 1.807) is 11.3 Å². The van der Waals surface area contributed by atoms with E-state index in [1.807, 2.05) is 0 Å². The van der Waals surface area contributed by atoms with Crippen molar-refractivity contribution in [2.75, 3.05) is 18.5 Å². The minimum atomic E-state index is -3.95. The molecule has 0 saturated carbocycles. The number of benzene rings is 2. The Balaban J connectivity index is 0.000000307. The van der Waals surface area contributed by atoms with Crippen LogP contribution in [0.15, 0.2) is 60.7 Å². The number of aliphatic hydroxyl groups is 2. The lowest BCUT2D eigenvalue weighted by atomic mass is 9.73. The molecule has 16 heteroatoms. The highest BCUT2D eigenvalue weighted by atomic mass is 32.2. The number of nitrogens with two attached hydrogens (primary N) is 1. The number of nitrogen functional groups attached to an aromatic ring is 1. The van der Waals surface area contributed by atoms with Gasteiger partial charge in [0.15, 0.2) is 5.13 Å². The first kappa shape index (κ1) is 37.1. The number of nitrogens with zero attached hydrogens (tertiary/aromatic N) is 1. The predicted molar refractivity (Wildman–Crippen MR) is 165 cm³/mol. The van der Waals surface area contributed by atoms with Gasteiger partial charge < -0.3 is 31.5 Å². The molecule has 2 aromatic carbocycles. The summed E-state index contributed by atoms with van der Waals surface area (Å²) in [5.74, 6) is -8.03. The molecule has 0 spiro atoms. The molecule has 1 heterocycles. The molecule has 14 nitrogen and oxygen atoms in total. The van der Waals surface area contributed by atoms with Crippen LogP contribution in [0.1, 0.15) is 51.1 Å². The Morgan fingerprint density at radius 2 is 1.36 bits per heavy atom. The van der Waals surface area contributed by atoms with Gasteiger partial charge in [-0.25, -0.2) is 14.6 Å². The second-order valence-electron chi connectivity index (χ2n) is 9.97. The number of nitrogens with one attached hydrogen (secondary N) is 1. The quantitative estimate of drug-likeness (QED) is 0.0920. The monoisotopic (exact) mass is 665 g/mol. The number of aliphatic carboxylic acids is 2. The number of carboxylic acids is 2. The number of Topliss-reactive ketones (excluding diaryl/α,β-unsaturated/α-hetero) is 2. The highest BCUT2D eigenvalue weighted by molar-refractivity contribution is 7.85. The fourth-order valence-corrected chi connectivity index (χ4v) is 5.31. The third kappa shape index (κ3) is 9.46. The van der Waals surface area contributed by atoms with Crippen LogP contribution < -0.4 is 11.1 Å². The largest absolute Gasteiger partial charge is 0.479 e. The first-order chi connectivity index (χ1) is 21.0. The molecule has 0 bridgehead atoms. The maximum absolute atomic E-state index is 12.6. The van der Waals surface area contributed by atoms with E-state index in [0.29, 0.717) is 12.3 Å². The number of fused-ring (bicyclic) bond motifs is 1. The highest BCUT2D eigenvalue weighted by Gasteiger charge is 2.69. The number of hydrogen-bond donors (Lipinski definition) is 7. The molecule has 3 unspecified atom stereocenters. The Morgan fingerprint density at radius 3 is 1.73 bits per heavy atom. The van der Waals surface area contributed by atoms with Crippen molar-refractivity contribution in [2.45, 2.75) is 49.9 Å². The van der Waals surface area contributed by atoms with Gasteiger partial charge in [0.2, 0.25) is 11.6 Å². The molecule has 0 radical (unpaired) electrons. The summed E-state index contributed by atoms with van der Waals surface area (Å²) in [6.45, 7) is 3.32. The van der Waals surface area contributed by atoms with E-state index >= 15 is 0 Å². The maximum Gasteiger partial charge on any atom is 0.348 e. The number of carbonyl (C=O) groups is 4. The van der Waals surface area contributed by atoms with E-state index in [4.69, 9.17) is 10.3 Å². The topological polar surface area (TPSA) is 255 Å². The smallest absolute Gasteiger partial charge is 0.348 e. The van der Waals surface area contributed by atoms with E-state index in [1.165, 1.54) is 59.8 Å². The van der Waals surface area contributed by atoms with Crippen LogP contribution in [-0.4, -0.2) is 91.9 Å². The number of rotatable bonds is 10. The summed E-state index contributed by atoms with van der Waals surface area (Å²) < 4.78 is 25.9. The molecule has 8 N–H and O–H groups in total. The van der Waals surface area contributed by atoms with Gasteiger partial charge in [0.25, 0.3) is 21.3 Å². The molecular formula is C29H35N3O11S2. The molecule has 3 atom stereocenters. The van der Waals surface area contributed by atoms with Crippen LogP contribution in [0.25, 0.3) is 0 Å². The number of carbonyl (C=O) groups excluding carboxylic acids is 2. The molecule has 1 aliphatic carbocycles. The number of thiazole rings is 1. The van der Waals surface area contributed by atoms with Crippen LogP contribution in [0.3, 0.4) is 0 Å². The Labute approximate surface area is 263 Å². The first-order valence-electron chi connectivity index (χ1n) is 13.5. The van der Waals surface area contributed by atoms with E-state index in [9.17, 15) is 48.0 Å². The summed E-state index contributed by atoms with van der Waals surface area (Å²) in [5, 5.41) is 44.1. The van der Waals surface area contributed by atoms with Gasteiger partial charge in [-0.2, -0.15) is 8.42 Å². The van der Waals surface area contributed by atoms with Crippen molar-refractivity contribution < 1.29 is 52.6 Å². The van der Waals surface area contributed by atoms with Gasteiger partial charge in [-0.1, -0.05) is 67.6 Å². The molecule has 1 aromatic heterocycles. The summed E-state index contributed by atoms with van der Waals surface area (Å²) in [6.07, 6.45) is 5.33. The number of aromatic nitrogens is 1. The Morgan fingerprint density at radius 1 is 0.933 bits per heavy atom. The van der Waals surface area contributed by atoms with Crippen LogP contribution in [0, 0.1) is 0 Å². The number of ketones is 2. The van der Waals surface area contributed by atoms with Gasteiger partial charge >= 0.3 is 11.9 Å². The van der Waals surface area contributed by atoms with Crippen LogP contribution >= 0.6 is 11.3 Å².